The van der Waals surface area contributed by atoms with Crippen LogP contribution in [0.15, 0.2) is 47.6 Å². The van der Waals surface area contributed by atoms with E-state index in [1.165, 1.54) is 6.21 Å². The number of hydrazone groups is 1. The SMILES string of the molecule is CCOC(=O)N[C@@H](Cc1ccccc1)C(=O)N/N=C\c1cc(I)c(O)c(OCC)c1. The summed E-state index contributed by atoms with van der Waals surface area (Å²) in [6.07, 6.45) is 1.05. The fourth-order valence-electron chi connectivity index (χ4n) is 2.56. The van der Waals surface area contributed by atoms with Crippen LogP contribution in [0.4, 0.5) is 4.79 Å². The second-order valence-electron chi connectivity index (χ2n) is 6.12. The molecule has 0 aromatic heterocycles. The van der Waals surface area contributed by atoms with Gasteiger partial charge in [0.1, 0.15) is 6.04 Å². The molecule has 0 unspecified atom stereocenters. The molecule has 0 heterocycles. The van der Waals surface area contributed by atoms with Gasteiger partial charge in [-0.15, -0.1) is 0 Å². The largest absolute Gasteiger partial charge is 0.504 e. The molecule has 0 aliphatic heterocycles. The van der Waals surface area contributed by atoms with Crippen LogP contribution in [0, 0.1) is 3.57 Å². The number of phenols is 1. The summed E-state index contributed by atoms with van der Waals surface area (Å²) in [4.78, 5) is 24.4. The zero-order chi connectivity index (χ0) is 21.9. The van der Waals surface area contributed by atoms with Crippen molar-refractivity contribution >= 4 is 40.8 Å². The van der Waals surface area contributed by atoms with E-state index >= 15 is 0 Å². The Balaban J connectivity index is 2.09. The van der Waals surface area contributed by atoms with Gasteiger partial charge in [0.25, 0.3) is 5.91 Å². The molecule has 0 radical (unpaired) electrons. The normalized spacial score (nSPS) is 11.7. The Morgan fingerprint density at radius 2 is 1.93 bits per heavy atom. The average molecular weight is 525 g/mol. The Hall–Kier alpha value is -2.82. The highest BCUT2D eigenvalue weighted by molar-refractivity contribution is 14.1. The average Bonchev–Trinajstić information content (AvgIpc) is 2.72. The number of nitrogens with zero attached hydrogens (tertiary/aromatic N) is 1. The van der Waals surface area contributed by atoms with E-state index in [0.29, 0.717) is 21.5 Å². The summed E-state index contributed by atoms with van der Waals surface area (Å²) in [5.74, 6) is -0.0926. The smallest absolute Gasteiger partial charge is 0.407 e. The number of hydrogen-bond donors (Lipinski definition) is 3. The Morgan fingerprint density at radius 1 is 1.20 bits per heavy atom. The van der Waals surface area contributed by atoms with Crippen molar-refractivity contribution in [1.82, 2.24) is 10.7 Å². The van der Waals surface area contributed by atoms with Gasteiger partial charge < -0.3 is 19.9 Å². The van der Waals surface area contributed by atoms with Gasteiger partial charge in [0, 0.05) is 6.42 Å². The lowest BCUT2D eigenvalue weighted by atomic mass is 10.1. The number of halogens is 1. The molecule has 0 bridgehead atoms. The molecule has 8 nitrogen and oxygen atoms in total. The number of carbonyl (C=O) groups excluding carboxylic acids is 2. The summed E-state index contributed by atoms with van der Waals surface area (Å²) >= 11 is 1.98. The minimum Gasteiger partial charge on any atom is -0.504 e. The molecule has 2 aromatic rings. The highest BCUT2D eigenvalue weighted by Gasteiger charge is 2.21. The molecule has 160 valence electrons. The van der Waals surface area contributed by atoms with E-state index in [4.69, 9.17) is 9.47 Å². The molecule has 0 aliphatic rings. The van der Waals surface area contributed by atoms with Gasteiger partial charge in [-0.2, -0.15) is 5.10 Å². The maximum atomic E-state index is 12.6. The number of hydrogen-bond acceptors (Lipinski definition) is 6. The predicted octanol–water partition coefficient (Wildman–Crippen LogP) is 3.20. The molecule has 0 fully saturated rings. The number of rotatable bonds is 9. The first-order valence-electron chi connectivity index (χ1n) is 9.40. The molecular weight excluding hydrogens is 501 g/mol. The van der Waals surface area contributed by atoms with Crippen molar-refractivity contribution in [3.8, 4) is 11.5 Å². The fourth-order valence-corrected chi connectivity index (χ4v) is 3.18. The van der Waals surface area contributed by atoms with E-state index in [0.717, 1.165) is 5.56 Å². The van der Waals surface area contributed by atoms with Gasteiger partial charge in [-0.1, -0.05) is 30.3 Å². The van der Waals surface area contributed by atoms with Crippen LogP contribution in [-0.2, 0) is 16.0 Å². The number of phenolic OH excluding ortho intramolecular Hbond substituents is 1. The Morgan fingerprint density at radius 3 is 2.60 bits per heavy atom. The number of alkyl carbamates (subject to hydrolysis) is 1. The molecule has 9 heteroatoms. The molecule has 1 atom stereocenters. The van der Waals surface area contributed by atoms with E-state index in [-0.39, 0.29) is 18.8 Å². The van der Waals surface area contributed by atoms with Crippen molar-refractivity contribution in [2.45, 2.75) is 26.3 Å². The Kier molecular flexibility index (Phi) is 9.39. The van der Waals surface area contributed by atoms with Crippen molar-refractivity contribution in [3.63, 3.8) is 0 Å². The summed E-state index contributed by atoms with van der Waals surface area (Å²) in [5.41, 5.74) is 3.96. The maximum absolute atomic E-state index is 12.6. The molecular formula is C21H24IN3O5. The quantitative estimate of drug-likeness (QED) is 0.265. The summed E-state index contributed by atoms with van der Waals surface area (Å²) in [7, 11) is 0. The van der Waals surface area contributed by atoms with Crippen molar-refractivity contribution in [2.75, 3.05) is 13.2 Å². The summed E-state index contributed by atoms with van der Waals surface area (Å²) in [6.45, 7) is 4.11. The summed E-state index contributed by atoms with van der Waals surface area (Å²) in [6, 6.07) is 11.8. The number of ether oxygens (including phenoxy) is 2. The molecule has 2 aromatic carbocycles. The van der Waals surface area contributed by atoms with E-state index < -0.39 is 18.0 Å². The fraction of sp³-hybridized carbons (Fsp3) is 0.286. The third kappa shape index (κ3) is 7.21. The second kappa shape index (κ2) is 12.0. The standard InChI is InChI=1S/C21H24IN3O5/c1-3-29-18-12-15(10-16(22)19(18)26)13-23-25-20(27)17(24-21(28)30-4-2)11-14-8-6-5-7-9-14/h5-10,12-13,17,26H,3-4,11H2,1-2H3,(H,24,28)(H,25,27)/b23-13-/t17-/m0/s1. The number of aromatic hydroxyl groups is 1. The van der Waals surface area contributed by atoms with Crippen molar-refractivity contribution in [1.29, 1.82) is 0 Å². The molecule has 2 amide bonds. The Bertz CT molecular complexity index is 890. The number of nitrogens with one attached hydrogen (secondary N) is 2. The molecule has 2 rings (SSSR count). The first-order chi connectivity index (χ1) is 14.4. The van der Waals surface area contributed by atoms with Gasteiger partial charge >= 0.3 is 6.09 Å². The van der Waals surface area contributed by atoms with E-state index in [1.54, 1.807) is 19.1 Å². The van der Waals surface area contributed by atoms with E-state index in [2.05, 4.69) is 15.8 Å². The van der Waals surface area contributed by atoms with Crippen LogP contribution in [0.25, 0.3) is 0 Å². The van der Waals surface area contributed by atoms with Crippen LogP contribution in [-0.4, -0.2) is 42.6 Å². The van der Waals surface area contributed by atoms with Crippen LogP contribution < -0.4 is 15.5 Å². The highest BCUT2D eigenvalue weighted by Crippen LogP contribution is 2.32. The lowest BCUT2D eigenvalue weighted by Gasteiger charge is -2.16. The minimum absolute atomic E-state index is 0.0557. The van der Waals surface area contributed by atoms with Gasteiger partial charge in [-0.3, -0.25) is 4.79 Å². The van der Waals surface area contributed by atoms with Crippen molar-refractivity contribution < 1.29 is 24.2 Å². The lowest BCUT2D eigenvalue weighted by Crippen LogP contribution is -2.47. The molecule has 0 saturated heterocycles. The topological polar surface area (TPSA) is 109 Å². The van der Waals surface area contributed by atoms with Crippen LogP contribution in [0.3, 0.4) is 0 Å². The van der Waals surface area contributed by atoms with Crippen LogP contribution in [0.5, 0.6) is 11.5 Å². The van der Waals surface area contributed by atoms with Gasteiger partial charge in [0.05, 0.1) is 23.0 Å². The van der Waals surface area contributed by atoms with E-state index in [1.807, 2.05) is 59.8 Å². The van der Waals surface area contributed by atoms with Crippen LogP contribution in [0.2, 0.25) is 0 Å². The zero-order valence-electron chi connectivity index (χ0n) is 16.7. The number of amides is 2. The number of carbonyl (C=O) groups is 2. The monoisotopic (exact) mass is 525 g/mol. The Labute approximate surface area is 188 Å². The van der Waals surface area contributed by atoms with Gasteiger partial charge in [-0.25, -0.2) is 10.2 Å². The van der Waals surface area contributed by atoms with Crippen LogP contribution >= 0.6 is 22.6 Å². The lowest BCUT2D eigenvalue weighted by molar-refractivity contribution is -0.123. The first-order valence-corrected chi connectivity index (χ1v) is 10.5. The van der Waals surface area contributed by atoms with Gasteiger partial charge in [0.15, 0.2) is 11.5 Å². The van der Waals surface area contributed by atoms with Gasteiger partial charge in [0.2, 0.25) is 0 Å². The first kappa shape index (κ1) is 23.5. The molecule has 0 saturated carbocycles. The maximum Gasteiger partial charge on any atom is 0.407 e. The minimum atomic E-state index is -0.859. The van der Waals surface area contributed by atoms with Crippen LogP contribution in [0.1, 0.15) is 25.0 Å². The molecule has 3 N–H and O–H groups in total. The van der Waals surface area contributed by atoms with Gasteiger partial charge in [-0.05, 0) is 59.7 Å². The second-order valence-corrected chi connectivity index (χ2v) is 7.29. The third-order valence-electron chi connectivity index (χ3n) is 3.91. The molecule has 30 heavy (non-hydrogen) atoms. The zero-order valence-corrected chi connectivity index (χ0v) is 18.9. The van der Waals surface area contributed by atoms with Crippen molar-refractivity contribution in [3.05, 3.63) is 57.2 Å². The van der Waals surface area contributed by atoms with E-state index in [9.17, 15) is 14.7 Å². The number of benzene rings is 2. The predicted molar refractivity (Wildman–Crippen MR) is 122 cm³/mol. The third-order valence-corrected chi connectivity index (χ3v) is 4.73. The molecule has 0 spiro atoms. The summed E-state index contributed by atoms with van der Waals surface area (Å²) < 4.78 is 10.9. The summed E-state index contributed by atoms with van der Waals surface area (Å²) in [5, 5.41) is 16.5. The highest BCUT2D eigenvalue weighted by atomic mass is 127. The van der Waals surface area contributed by atoms with Crippen molar-refractivity contribution in [2.24, 2.45) is 5.10 Å². The molecule has 0 aliphatic carbocycles.